The number of hydrogen-bond donors (Lipinski definition) is 1. The van der Waals surface area contributed by atoms with Crippen molar-refractivity contribution in [2.45, 2.75) is 25.4 Å². The minimum absolute atomic E-state index is 0.0502. The molecule has 2 unspecified atom stereocenters. The molecule has 7 heterocycles. The highest BCUT2D eigenvalue weighted by molar-refractivity contribution is 5.89. The van der Waals surface area contributed by atoms with Gasteiger partial charge in [0, 0.05) is 31.4 Å². The van der Waals surface area contributed by atoms with Gasteiger partial charge in [0.25, 0.3) is 0 Å². The Hall–Kier alpha value is -5.13. The number of nitrogens with zero attached hydrogens (tertiary/aromatic N) is 8. The smallest absolute Gasteiger partial charge is 0.246 e. The molecule has 200 valence electrons. The fourth-order valence-electron chi connectivity index (χ4n) is 5.44. The van der Waals surface area contributed by atoms with Crippen molar-refractivity contribution in [2.75, 3.05) is 23.3 Å². The molecule has 8 rings (SSSR count). The van der Waals surface area contributed by atoms with Crippen LogP contribution in [0.3, 0.4) is 0 Å². The van der Waals surface area contributed by atoms with Crippen molar-refractivity contribution in [3.05, 3.63) is 79.3 Å². The Morgan fingerprint density at radius 3 is 2.80 bits per heavy atom. The van der Waals surface area contributed by atoms with Gasteiger partial charge in [0.05, 0.1) is 23.3 Å². The first-order valence-corrected chi connectivity index (χ1v) is 12.8. The van der Waals surface area contributed by atoms with Crippen LogP contribution in [-0.2, 0) is 4.79 Å². The van der Waals surface area contributed by atoms with Gasteiger partial charge in [-0.1, -0.05) is 6.58 Å². The Bertz CT molecular complexity index is 1790. The van der Waals surface area contributed by atoms with Crippen LogP contribution in [0.5, 0.6) is 11.5 Å². The number of nitrogens with one attached hydrogen (secondary N) is 1. The summed E-state index contributed by atoms with van der Waals surface area (Å²) >= 11 is 0. The lowest BCUT2D eigenvalue weighted by atomic mass is 9.87. The van der Waals surface area contributed by atoms with Gasteiger partial charge >= 0.3 is 0 Å². The zero-order valence-electron chi connectivity index (χ0n) is 21.5. The first kappa shape index (κ1) is 23.9. The van der Waals surface area contributed by atoms with Crippen molar-refractivity contribution in [1.29, 1.82) is 0 Å². The maximum Gasteiger partial charge on any atom is 0.246 e. The van der Waals surface area contributed by atoms with Gasteiger partial charge in [-0.05, 0) is 49.2 Å². The zero-order chi connectivity index (χ0) is 27.4. The van der Waals surface area contributed by atoms with Crippen molar-refractivity contribution < 1.29 is 13.9 Å². The molecule has 1 amide bonds. The molecule has 2 bridgehead atoms. The van der Waals surface area contributed by atoms with Crippen molar-refractivity contribution in [3.8, 4) is 11.5 Å². The Morgan fingerprint density at radius 1 is 1.12 bits per heavy atom. The number of pyridine rings is 2. The van der Waals surface area contributed by atoms with Crippen LogP contribution in [0.4, 0.5) is 21.7 Å². The maximum atomic E-state index is 15.3. The number of amides is 1. The van der Waals surface area contributed by atoms with Crippen molar-refractivity contribution in [1.82, 2.24) is 34.4 Å². The number of halogens is 1. The predicted molar refractivity (Wildman–Crippen MR) is 146 cm³/mol. The highest BCUT2D eigenvalue weighted by Crippen LogP contribution is 2.38. The van der Waals surface area contributed by atoms with E-state index in [2.05, 4.69) is 36.8 Å². The number of rotatable bonds is 6. The van der Waals surface area contributed by atoms with E-state index in [0.717, 1.165) is 17.8 Å². The maximum absolute atomic E-state index is 15.3. The summed E-state index contributed by atoms with van der Waals surface area (Å²) in [6.07, 6.45) is 6.96. The molecule has 5 aromatic rings. The van der Waals surface area contributed by atoms with E-state index in [-0.39, 0.29) is 23.7 Å². The lowest BCUT2D eigenvalue weighted by molar-refractivity contribution is -0.129. The SMILES string of the molecule is C=CC(=O)N1CC2CC(C1)N2c1ccc2ncnc(Nc3cc(C)c(Oc4ccn5ncnc5c4)cc3F)c2n1. The molecule has 3 aliphatic heterocycles. The number of aryl methyl sites for hydroxylation is 1. The van der Waals surface area contributed by atoms with E-state index >= 15 is 4.39 Å². The highest BCUT2D eigenvalue weighted by atomic mass is 19.1. The van der Waals surface area contributed by atoms with Gasteiger partial charge in [-0.15, -0.1) is 0 Å². The number of aromatic nitrogens is 6. The van der Waals surface area contributed by atoms with Crippen LogP contribution >= 0.6 is 0 Å². The topological polar surface area (TPSA) is 114 Å². The van der Waals surface area contributed by atoms with E-state index < -0.39 is 5.82 Å². The van der Waals surface area contributed by atoms with E-state index in [1.54, 1.807) is 28.9 Å². The molecule has 0 saturated carbocycles. The summed E-state index contributed by atoms with van der Waals surface area (Å²) in [5.41, 5.74) is 2.76. The molecule has 2 atom stereocenters. The average molecular weight is 538 g/mol. The molecule has 0 spiro atoms. The molecule has 11 nitrogen and oxygen atoms in total. The summed E-state index contributed by atoms with van der Waals surface area (Å²) in [6, 6.07) is 10.7. The molecule has 12 heteroatoms. The standard InChI is InChI=1S/C28H24FN9O2/c1-3-26(39)36-12-17-9-18(13-36)38(17)24-5-4-21-27(35-24)28(32-14-30-21)34-22-8-16(2)23(11-20(22)29)40-19-6-7-37-25(10-19)31-15-33-37/h3-8,10-11,14-15,17-18H,1,9,12-13H2,2H3,(H,30,32,34). The van der Waals surface area contributed by atoms with Gasteiger partial charge in [0.2, 0.25) is 5.91 Å². The second kappa shape index (κ2) is 9.26. The van der Waals surface area contributed by atoms with Gasteiger partial charge in [-0.25, -0.2) is 28.8 Å². The minimum Gasteiger partial charge on any atom is -0.457 e. The summed E-state index contributed by atoms with van der Waals surface area (Å²) in [4.78, 5) is 33.9. The number of benzene rings is 1. The van der Waals surface area contributed by atoms with Gasteiger partial charge in [0.15, 0.2) is 11.5 Å². The molecule has 1 aromatic carbocycles. The van der Waals surface area contributed by atoms with E-state index in [4.69, 9.17) is 9.72 Å². The molecule has 0 radical (unpaired) electrons. The fourth-order valence-corrected chi connectivity index (χ4v) is 5.44. The molecule has 3 fully saturated rings. The van der Waals surface area contributed by atoms with Crippen LogP contribution in [0.15, 0.2) is 67.9 Å². The molecular weight excluding hydrogens is 513 g/mol. The fraction of sp³-hybridized carbons (Fsp3) is 0.214. The molecule has 3 aliphatic rings. The lowest BCUT2D eigenvalue weighted by Crippen LogP contribution is -2.69. The number of piperazine rings is 1. The van der Waals surface area contributed by atoms with Crippen LogP contribution in [0.25, 0.3) is 16.7 Å². The summed E-state index contributed by atoms with van der Waals surface area (Å²) in [7, 11) is 0. The summed E-state index contributed by atoms with van der Waals surface area (Å²) < 4.78 is 22.9. The summed E-state index contributed by atoms with van der Waals surface area (Å²) in [5.74, 6) is 1.53. The monoisotopic (exact) mass is 537 g/mol. The number of anilines is 3. The van der Waals surface area contributed by atoms with E-state index in [1.807, 2.05) is 24.0 Å². The Morgan fingerprint density at radius 2 is 1.98 bits per heavy atom. The van der Waals surface area contributed by atoms with Gasteiger partial charge in [-0.2, -0.15) is 5.10 Å². The number of carbonyl (C=O) groups is 1. The first-order valence-electron chi connectivity index (χ1n) is 12.8. The number of carbonyl (C=O) groups excluding carboxylic acids is 1. The second-order valence-electron chi connectivity index (χ2n) is 9.91. The summed E-state index contributed by atoms with van der Waals surface area (Å²) in [5, 5.41) is 7.17. The predicted octanol–water partition coefficient (Wildman–Crippen LogP) is 4.03. The van der Waals surface area contributed by atoms with Crippen LogP contribution < -0.4 is 15.0 Å². The minimum atomic E-state index is -0.503. The van der Waals surface area contributed by atoms with Gasteiger partial charge in [-0.3, -0.25) is 4.79 Å². The largest absolute Gasteiger partial charge is 0.457 e. The van der Waals surface area contributed by atoms with E-state index in [0.29, 0.717) is 47.1 Å². The first-order chi connectivity index (χ1) is 19.5. The molecule has 1 N–H and O–H groups in total. The third kappa shape index (κ3) is 4.04. The average Bonchev–Trinajstić information content (AvgIpc) is 3.43. The lowest BCUT2D eigenvalue weighted by Gasteiger charge is -2.56. The quantitative estimate of drug-likeness (QED) is 0.321. The molecule has 0 aliphatic carbocycles. The number of hydrogen-bond acceptors (Lipinski definition) is 9. The third-order valence-corrected chi connectivity index (χ3v) is 7.41. The van der Waals surface area contributed by atoms with Crippen LogP contribution in [-0.4, -0.2) is 65.5 Å². The Kier molecular flexibility index (Phi) is 5.54. The van der Waals surface area contributed by atoms with E-state index in [1.165, 1.54) is 24.8 Å². The van der Waals surface area contributed by atoms with Crippen LogP contribution in [0.2, 0.25) is 0 Å². The number of fused-ring (bicyclic) bond motifs is 4. The number of ether oxygens (including phenoxy) is 1. The van der Waals surface area contributed by atoms with Crippen molar-refractivity contribution >= 4 is 39.9 Å². The zero-order valence-corrected chi connectivity index (χ0v) is 21.5. The normalized spacial score (nSPS) is 18.1. The van der Waals surface area contributed by atoms with E-state index in [9.17, 15) is 4.79 Å². The molecular formula is C28H24FN9O2. The Balaban J connectivity index is 1.15. The van der Waals surface area contributed by atoms with Crippen molar-refractivity contribution in [2.24, 2.45) is 0 Å². The third-order valence-electron chi connectivity index (χ3n) is 7.41. The van der Waals surface area contributed by atoms with Crippen LogP contribution in [0.1, 0.15) is 12.0 Å². The number of piperidine rings is 1. The van der Waals surface area contributed by atoms with Gasteiger partial charge < -0.3 is 19.9 Å². The molecule has 4 aromatic heterocycles. The summed E-state index contributed by atoms with van der Waals surface area (Å²) in [6.45, 7) is 6.69. The van der Waals surface area contributed by atoms with Crippen molar-refractivity contribution in [3.63, 3.8) is 0 Å². The second-order valence-corrected chi connectivity index (χ2v) is 9.91. The molecule has 40 heavy (non-hydrogen) atoms. The highest BCUT2D eigenvalue weighted by Gasteiger charge is 2.46. The van der Waals surface area contributed by atoms with Crippen LogP contribution in [0, 0.1) is 12.7 Å². The molecule has 3 saturated heterocycles. The van der Waals surface area contributed by atoms with Gasteiger partial charge in [0.1, 0.15) is 41.3 Å². The Labute approximate surface area is 228 Å².